The number of amides is 1. The van der Waals surface area contributed by atoms with Gasteiger partial charge in [-0.25, -0.2) is 12.8 Å². The molecule has 1 amide bonds. The van der Waals surface area contributed by atoms with Crippen LogP contribution >= 0.6 is 0 Å². The van der Waals surface area contributed by atoms with Crippen LogP contribution in [0.5, 0.6) is 0 Å². The van der Waals surface area contributed by atoms with Gasteiger partial charge in [0, 0.05) is 18.7 Å². The van der Waals surface area contributed by atoms with Gasteiger partial charge in [0.25, 0.3) is 15.9 Å². The monoisotopic (exact) mass is 440 g/mol. The zero-order valence-corrected chi connectivity index (χ0v) is 18.1. The standard InChI is InChI=1S/C24H25FN2O3S/c1-2-3-16-27(22-9-5-4-6-10-22)31(29,30)23-11-7-8-20(17-23)24(28)26-18-19-12-14-21(25)15-13-19/h4-15,17H,2-3,16,18H2,1H3,(H,26,28). The van der Waals surface area contributed by atoms with E-state index in [9.17, 15) is 17.6 Å². The topological polar surface area (TPSA) is 66.5 Å². The van der Waals surface area contributed by atoms with Crippen molar-refractivity contribution in [3.05, 3.63) is 95.8 Å². The van der Waals surface area contributed by atoms with Crippen molar-refractivity contribution in [3.8, 4) is 0 Å². The van der Waals surface area contributed by atoms with E-state index in [-0.39, 0.29) is 22.8 Å². The molecule has 0 atom stereocenters. The van der Waals surface area contributed by atoms with Crippen LogP contribution in [0.3, 0.4) is 0 Å². The molecular weight excluding hydrogens is 415 g/mol. The number of carbonyl (C=O) groups excluding carboxylic acids is 1. The largest absolute Gasteiger partial charge is 0.348 e. The Morgan fingerprint density at radius 2 is 1.68 bits per heavy atom. The maximum atomic E-state index is 13.4. The molecule has 0 heterocycles. The van der Waals surface area contributed by atoms with Gasteiger partial charge in [0.2, 0.25) is 0 Å². The van der Waals surface area contributed by atoms with Crippen molar-refractivity contribution in [2.24, 2.45) is 0 Å². The van der Waals surface area contributed by atoms with Crippen molar-refractivity contribution in [1.82, 2.24) is 5.32 Å². The van der Waals surface area contributed by atoms with E-state index in [4.69, 9.17) is 0 Å². The average Bonchev–Trinajstić information content (AvgIpc) is 2.79. The number of hydrogen-bond donors (Lipinski definition) is 1. The summed E-state index contributed by atoms with van der Waals surface area (Å²) in [5, 5.41) is 2.74. The zero-order valence-electron chi connectivity index (χ0n) is 17.3. The third-order valence-corrected chi connectivity index (χ3v) is 6.63. The van der Waals surface area contributed by atoms with Gasteiger partial charge in [-0.2, -0.15) is 0 Å². The van der Waals surface area contributed by atoms with Gasteiger partial charge in [-0.1, -0.05) is 49.7 Å². The Hall–Kier alpha value is -3.19. The van der Waals surface area contributed by atoms with Gasteiger partial charge in [0.15, 0.2) is 0 Å². The summed E-state index contributed by atoms with van der Waals surface area (Å²) >= 11 is 0. The molecule has 0 aliphatic carbocycles. The van der Waals surface area contributed by atoms with Crippen LogP contribution in [0.15, 0.2) is 83.8 Å². The molecule has 0 saturated carbocycles. The van der Waals surface area contributed by atoms with E-state index >= 15 is 0 Å². The number of hydrogen-bond acceptors (Lipinski definition) is 3. The number of nitrogens with zero attached hydrogens (tertiary/aromatic N) is 1. The van der Waals surface area contributed by atoms with E-state index in [0.717, 1.165) is 12.0 Å². The van der Waals surface area contributed by atoms with Gasteiger partial charge < -0.3 is 5.32 Å². The molecule has 0 fully saturated rings. The van der Waals surface area contributed by atoms with E-state index < -0.39 is 15.9 Å². The maximum absolute atomic E-state index is 13.4. The lowest BCUT2D eigenvalue weighted by atomic mass is 10.2. The molecule has 162 valence electrons. The third kappa shape index (κ3) is 5.70. The molecule has 31 heavy (non-hydrogen) atoms. The highest BCUT2D eigenvalue weighted by molar-refractivity contribution is 7.92. The number of nitrogens with one attached hydrogen (secondary N) is 1. The number of unbranched alkanes of at least 4 members (excludes halogenated alkanes) is 1. The molecule has 3 aromatic carbocycles. The van der Waals surface area contributed by atoms with Crippen molar-refractivity contribution >= 4 is 21.6 Å². The fraction of sp³-hybridized carbons (Fsp3) is 0.208. The lowest BCUT2D eigenvalue weighted by molar-refractivity contribution is 0.0950. The zero-order chi connectivity index (χ0) is 22.3. The summed E-state index contributed by atoms with van der Waals surface area (Å²) in [7, 11) is -3.84. The van der Waals surface area contributed by atoms with Crippen LogP contribution in [0.4, 0.5) is 10.1 Å². The summed E-state index contributed by atoms with van der Waals surface area (Å²) in [5.41, 5.74) is 1.57. The maximum Gasteiger partial charge on any atom is 0.264 e. The van der Waals surface area contributed by atoms with Crippen molar-refractivity contribution in [1.29, 1.82) is 0 Å². The minimum Gasteiger partial charge on any atom is -0.348 e. The van der Waals surface area contributed by atoms with Crippen molar-refractivity contribution in [2.75, 3.05) is 10.8 Å². The Balaban J connectivity index is 1.82. The SMILES string of the molecule is CCCCN(c1ccccc1)S(=O)(=O)c1cccc(C(=O)NCc2ccc(F)cc2)c1. The van der Waals surface area contributed by atoms with E-state index in [1.807, 2.05) is 13.0 Å². The molecular formula is C24H25FN2O3S. The van der Waals surface area contributed by atoms with Crippen LogP contribution in [0.25, 0.3) is 0 Å². The average molecular weight is 441 g/mol. The van der Waals surface area contributed by atoms with Gasteiger partial charge in [0.05, 0.1) is 10.6 Å². The number of benzene rings is 3. The highest BCUT2D eigenvalue weighted by Crippen LogP contribution is 2.24. The van der Waals surface area contributed by atoms with E-state index in [0.29, 0.717) is 18.7 Å². The molecule has 3 aromatic rings. The second kappa shape index (κ2) is 10.2. The van der Waals surface area contributed by atoms with Crippen LogP contribution < -0.4 is 9.62 Å². The van der Waals surface area contributed by atoms with Crippen molar-refractivity contribution in [2.45, 2.75) is 31.2 Å². The molecule has 0 saturated heterocycles. The molecule has 0 aliphatic heterocycles. The van der Waals surface area contributed by atoms with Crippen molar-refractivity contribution < 1.29 is 17.6 Å². The van der Waals surface area contributed by atoms with Crippen molar-refractivity contribution in [3.63, 3.8) is 0 Å². The number of rotatable bonds is 9. The lowest BCUT2D eigenvalue weighted by Crippen LogP contribution is -2.32. The number of sulfonamides is 1. The minimum atomic E-state index is -3.84. The molecule has 0 bridgehead atoms. The highest BCUT2D eigenvalue weighted by atomic mass is 32.2. The minimum absolute atomic E-state index is 0.0573. The first-order chi connectivity index (χ1) is 14.9. The first-order valence-electron chi connectivity index (χ1n) is 10.1. The summed E-state index contributed by atoms with van der Waals surface area (Å²) in [4.78, 5) is 12.6. The molecule has 0 spiro atoms. The second-order valence-electron chi connectivity index (χ2n) is 7.10. The van der Waals surface area contributed by atoms with Crippen LogP contribution in [-0.2, 0) is 16.6 Å². The summed E-state index contributed by atoms with van der Waals surface area (Å²) < 4.78 is 41.2. The van der Waals surface area contributed by atoms with Gasteiger partial charge in [0.1, 0.15) is 5.82 Å². The molecule has 0 aliphatic rings. The second-order valence-corrected chi connectivity index (χ2v) is 8.97. The Morgan fingerprint density at radius 1 is 0.968 bits per heavy atom. The van der Waals surface area contributed by atoms with E-state index in [1.165, 1.54) is 28.6 Å². The van der Waals surface area contributed by atoms with Crippen LogP contribution in [-0.4, -0.2) is 20.9 Å². The molecule has 0 radical (unpaired) electrons. The van der Waals surface area contributed by atoms with Crippen LogP contribution in [0.1, 0.15) is 35.7 Å². The Bertz CT molecular complexity index is 1120. The molecule has 0 unspecified atom stereocenters. The van der Waals surface area contributed by atoms with Gasteiger partial charge in [-0.05, 0) is 54.4 Å². The van der Waals surface area contributed by atoms with Gasteiger partial charge in [-0.3, -0.25) is 9.10 Å². The normalized spacial score (nSPS) is 11.2. The molecule has 1 N–H and O–H groups in total. The summed E-state index contributed by atoms with van der Waals surface area (Å²) in [5.74, 6) is -0.750. The van der Waals surface area contributed by atoms with Crippen LogP contribution in [0.2, 0.25) is 0 Å². The Labute approximate surface area is 182 Å². The fourth-order valence-corrected chi connectivity index (χ4v) is 4.65. The summed E-state index contributed by atoms with van der Waals surface area (Å²) in [6.07, 6.45) is 1.57. The molecule has 3 rings (SSSR count). The summed E-state index contributed by atoms with van der Waals surface area (Å²) in [6.45, 7) is 2.56. The first-order valence-corrected chi connectivity index (χ1v) is 11.6. The first kappa shape index (κ1) is 22.5. The molecule has 7 heteroatoms. The third-order valence-electron chi connectivity index (χ3n) is 4.81. The van der Waals surface area contributed by atoms with E-state index in [1.54, 1.807) is 48.5 Å². The Morgan fingerprint density at radius 3 is 2.35 bits per heavy atom. The quantitative estimate of drug-likeness (QED) is 0.522. The van der Waals surface area contributed by atoms with E-state index in [2.05, 4.69) is 5.32 Å². The molecule has 5 nitrogen and oxygen atoms in total. The molecule has 0 aromatic heterocycles. The predicted molar refractivity (Wildman–Crippen MR) is 120 cm³/mol. The Kier molecular flexibility index (Phi) is 7.41. The predicted octanol–water partition coefficient (Wildman–Crippen LogP) is 4.75. The summed E-state index contributed by atoms with van der Waals surface area (Å²) in [6, 6.07) is 20.8. The number of para-hydroxylation sites is 1. The fourth-order valence-electron chi connectivity index (χ4n) is 3.10. The van der Waals surface area contributed by atoms with Gasteiger partial charge in [-0.15, -0.1) is 0 Å². The smallest absolute Gasteiger partial charge is 0.264 e. The number of carbonyl (C=O) groups is 1. The van der Waals surface area contributed by atoms with Gasteiger partial charge >= 0.3 is 0 Å². The van der Waals surface area contributed by atoms with Crippen LogP contribution in [0, 0.1) is 5.82 Å². The number of anilines is 1. The number of halogens is 1. The lowest BCUT2D eigenvalue weighted by Gasteiger charge is -2.24. The highest BCUT2D eigenvalue weighted by Gasteiger charge is 2.25.